The number of rotatable bonds is 5. The largest absolute Gasteiger partial charge is 0.471 e. The Kier molecular flexibility index (Phi) is 6.08. The summed E-state index contributed by atoms with van der Waals surface area (Å²) in [5, 5.41) is 5.00. The minimum absolute atomic E-state index is 0.0687. The first kappa shape index (κ1) is 21.2. The molecule has 2 bridgehead atoms. The molecule has 0 radical (unpaired) electrons. The van der Waals surface area contributed by atoms with E-state index in [1.54, 1.807) is 18.2 Å². The fourth-order valence-corrected chi connectivity index (χ4v) is 5.89. The molecule has 2 aromatic rings. The molecule has 2 amide bonds. The number of benzene rings is 1. The van der Waals surface area contributed by atoms with Crippen LogP contribution in [0.5, 0.6) is 0 Å². The number of hydrogen-bond donors (Lipinski definition) is 2. The Morgan fingerprint density at radius 2 is 1.90 bits per heavy atom. The summed E-state index contributed by atoms with van der Waals surface area (Å²) in [6, 6.07) is 9.95. The van der Waals surface area contributed by atoms with Crippen LogP contribution < -0.4 is 10.6 Å². The lowest BCUT2D eigenvalue weighted by Crippen LogP contribution is -2.57. The average molecular weight is 456 g/mol. The summed E-state index contributed by atoms with van der Waals surface area (Å²) in [4.78, 5) is 27.4. The van der Waals surface area contributed by atoms with Crippen LogP contribution in [0.15, 0.2) is 45.5 Å². The second-order valence-corrected chi connectivity index (χ2v) is 9.88. The van der Waals surface area contributed by atoms with Crippen molar-refractivity contribution in [2.75, 3.05) is 25.0 Å². The lowest BCUT2D eigenvalue weighted by Gasteiger charge is -2.44. The minimum Gasteiger partial charge on any atom is -0.347 e. The first-order valence-corrected chi connectivity index (χ1v) is 11.2. The van der Waals surface area contributed by atoms with Crippen molar-refractivity contribution >= 4 is 40.6 Å². The molecule has 3 saturated heterocycles. The number of nitrogens with one attached hydrogen (secondary N) is 2. The molecule has 5 nitrogen and oxygen atoms in total. The second kappa shape index (κ2) is 8.60. The zero-order chi connectivity index (χ0) is 21.3. The summed E-state index contributed by atoms with van der Waals surface area (Å²) in [5.41, 5.74) is 0.0687. The molecule has 1 atom stereocenters. The van der Waals surface area contributed by atoms with Crippen LogP contribution in [0.25, 0.3) is 0 Å². The topological polar surface area (TPSA) is 61.4 Å². The minimum atomic E-state index is -4.94. The predicted molar refractivity (Wildman–Crippen MR) is 110 cm³/mol. The van der Waals surface area contributed by atoms with E-state index in [4.69, 9.17) is 0 Å². The zero-order valence-corrected chi connectivity index (χ0v) is 17.5. The maximum absolute atomic E-state index is 12.6. The van der Waals surface area contributed by atoms with Crippen LogP contribution in [-0.2, 0) is 4.79 Å². The molecular formula is C20H20F3N3O2S2. The van der Waals surface area contributed by atoms with Gasteiger partial charge in [0.05, 0.1) is 9.09 Å². The molecule has 160 valence electrons. The molecule has 0 saturated carbocycles. The van der Waals surface area contributed by atoms with E-state index in [0.29, 0.717) is 15.7 Å². The Morgan fingerprint density at radius 1 is 1.13 bits per heavy atom. The van der Waals surface area contributed by atoms with E-state index in [1.807, 2.05) is 11.4 Å². The predicted octanol–water partition coefficient (Wildman–Crippen LogP) is 4.22. The van der Waals surface area contributed by atoms with E-state index in [2.05, 4.69) is 10.2 Å². The number of hydrogen-bond acceptors (Lipinski definition) is 5. The van der Waals surface area contributed by atoms with E-state index in [1.165, 1.54) is 35.2 Å². The number of amides is 2. The normalized spacial score (nSPS) is 23.2. The SMILES string of the molecule is O=C(NC1CN2CCC1CC2)c1ccc(Sc2cccc(NC(=O)C(F)(F)F)c2)s1. The molecule has 5 rings (SSSR count). The highest BCUT2D eigenvalue weighted by atomic mass is 32.2. The van der Waals surface area contributed by atoms with Gasteiger partial charge in [0, 0.05) is 23.2 Å². The summed E-state index contributed by atoms with van der Waals surface area (Å²) in [6.45, 7) is 3.12. The van der Waals surface area contributed by atoms with Gasteiger partial charge in [0.2, 0.25) is 0 Å². The lowest BCUT2D eigenvalue weighted by molar-refractivity contribution is -0.167. The fraction of sp³-hybridized carbons (Fsp3) is 0.400. The van der Waals surface area contributed by atoms with Crippen molar-refractivity contribution in [1.82, 2.24) is 10.2 Å². The maximum Gasteiger partial charge on any atom is 0.471 e. The second-order valence-electron chi connectivity index (χ2n) is 7.42. The third-order valence-electron chi connectivity index (χ3n) is 5.35. The number of carbonyl (C=O) groups is 2. The monoisotopic (exact) mass is 455 g/mol. The van der Waals surface area contributed by atoms with Crippen LogP contribution >= 0.6 is 23.1 Å². The number of halogens is 3. The van der Waals surface area contributed by atoms with Gasteiger partial charge in [0.15, 0.2) is 0 Å². The van der Waals surface area contributed by atoms with Crippen molar-refractivity contribution < 1.29 is 22.8 Å². The molecule has 1 aromatic heterocycles. The molecule has 10 heteroatoms. The first-order chi connectivity index (χ1) is 14.3. The molecule has 0 aliphatic carbocycles. The van der Waals surface area contributed by atoms with E-state index >= 15 is 0 Å². The molecule has 1 aromatic carbocycles. The molecule has 30 heavy (non-hydrogen) atoms. The maximum atomic E-state index is 12.6. The highest BCUT2D eigenvalue weighted by Gasteiger charge is 2.38. The summed E-state index contributed by atoms with van der Waals surface area (Å²) < 4.78 is 38.1. The van der Waals surface area contributed by atoms with Crippen LogP contribution in [0, 0.1) is 5.92 Å². The van der Waals surface area contributed by atoms with Gasteiger partial charge in [-0.3, -0.25) is 9.59 Å². The number of alkyl halides is 3. The van der Waals surface area contributed by atoms with Crippen LogP contribution in [0.4, 0.5) is 18.9 Å². The smallest absolute Gasteiger partial charge is 0.347 e. The number of nitrogens with zero attached hydrogens (tertiary/aromatic N) is 1. The summed E-state index contributed by atoms with van der Waals surface area (Å²) >= 11 is 2.67. The summed E-state index contributed by atoms with van der Waals surface area (Å²) in [5.74, 6) is -1.55. The van der Waals surface area contributed by atoms with Crippen molar-refractivity contribution in [3.8, 4) is 0 Å². The van der Waals surface area contributed by atoms with Crippen molar-refractivity contribution in [2.24, 2.45) is 5.92 Å². The number of thiophene rings is 1. The third kappa shape index (κ3) is 4.98. The molecular weight excluding hydrogens is 435 g/mol. The van der Waals surface area contributed by atoms with Gasteiger partial charge in [-0.25, -0.2) is 0 Å². The third-order valence-corrected chi connectivity index (χ3v) is 7.55. The number of fused-ring (bicyclic) bond motifs is 3. The summed E-state index contributed by atoms with van der Waals surface area (Å²) in [6.07, 6.45) is -2.69. The number of carbonyl (C=O) groups excluding carboxylic acids is 2. The molecule has 1 unspecified atom stereocenters. The zero-order valence-electron chi connectivity index (χ0n) is 15.9. The van der Waals surface area contributed by atoms with Crippen molar-refractivity contribution in [3.05, 3.63) is 41.3 Å². The number of anilines is 1. The van der Waals surface area contributed by atoms with Gasteiger partial charge in [0.1, 0.15) is 0 Å². The van der Waals surface area contributed by atoms with Gasteiger partial charge in [0.25, 0.3) is 5.91 Å². The van der Waals surface area contributed by atoms with E-state index in [9.17, 15) is 22.8 Å². The summed E-state index contributed by atoms with van der Waals surface area (Å²) in [7, 11) is 0. The Balaban J connectivity index is 1.37. The van der Waals surface area contributed by atoms with Crippen LogP contribution in [0.1, 0.15) is 22.5 Å². The van der Waals surface area contributed by atoms with Gasteiger partial charge < -0.3 is 15.5 Å². The van der Waals surface area contributed by atoms with E-state index in [0.717, 1.165) is 36.7 Å². The van der Waals surface area contributed by atoms with Crippen LogP contribution in [0.2, 0.25) is 0 Å². The number of piperidine rings is 3. The van der Waals surface area contributed by atoms with E-state index in [-0.39, 0.29) is 17.6 Å². The first-order valence-electron chi connectivity index (χ1n) is 9.57. The Hall–Kier alpha value is -2.04. The quantitative estimate of drug-likeness (QED) is 0.709. The highest BCUT2D eigenvalue weighted by molar-refractivity contribution is 8.01. The molecule has 3 aliphatic heterocycles. The Labute approximate surface area is 180 Å². The van der Waals surface area contributed by atoms with Gasteiger partial charge >= 0.3 is 12.1 Å². The molecule has 2 N–H and O–H groups in total. The Bertz CT molecular complexity index is 939. The van der Waals surface area contributed by atoms with Gasteiger partial charge in [-0.1, -0.05) is 17.8 Å². The average Bonchev–Trinajstić information content (AvgIpc) is 3.17. The van der Waals surface area contributed by atoms with Crippen LogP contribution in [0.3, 0.4) is 0 Å². The van der Waals surface area contributed by atoms with E-state index < -0.39 is 12.1 Å². The molecule has 4 heterocycles. The Morgan fingerprint density at radius 3 is 2.57 bits per heavy atom. The lowest BCUT2D eigenvalue weighted by atomic mass is 9.84. The molecule has 3 fully saturated rings. The molecule has 0 spiro atoms. The van der Waals surface area contributed by atoms with Crippen molar-refractivity contribution in [3.63, 3.8) is 0 Å². The van der Waals surface area contributed by atoms with Gasteiger partial charge in [-0.15, -0.1) is 11.3 Å². The molecule has 3 aliphatic rings. The van der Waals surface area contributed by atoms with Crippen molar-refractivity contribution in [1.29, 1.82) is 0 Å². The van der Waals surface area contributed by atoms with Gasteiger partial charge in [-0.2, -0.15) is 13.2 Å². The standard InChI is InChI=1S/C20H20F3N3O2S2/c21-20(22,23)19(28)24-13-2-1-3-14(10-13)29-17-5-4-16(30-17)18(27)25-15-11-26-8-6-12(15)7-9-26/h1-5,10,12,15H,6-9,11H2,(H,24,28)(H,25,27). The van der Waals surface area contributed by atoms with Crippen molar-refractivity contribution in [2.45, 2.75) is 34.2 Å². The fourth-order valence-electron chi connectivity index (χ4n) is 3.82. The van der Waals surface area contributed by atoms with Gasteiger partial charge in [-0.05, 0) is 62.2 Å². The van der Waals surface area contributed by atoms with Crippen LogP contribution in [-0.4, -0.2) is 48.6 Å². The highest BCUT2D eigenvalue weighted by Crippen LogP contribution is 2.35.